The number of nitrogens with one attached hydrogen (secondary N) is 2. The fraction of sp³-hybridized carbons (Fsp3) is 0.643. The Morgan fingerprint density at radius 3 is 2.47 bits per heavy atom. The SMILES string of the molecule is CCCNc1ccc(C(=O)NC(C)(C)CCC)nn1. The minimum atomic E-state index is -0.216. The number of hydrogen-bond acceptors (Lipinski definition) is 4. The van der Waals surface area contributed by atoms with Crippen molar-refractivity contribution in [1.29, 1.82) is 0 Å². The molecule has 5 heteroatoms. The number of hydrogen-bond donors (Lipinski definition) is 2. The van der Waals surface area contributed by atoms with Crippen molar-refractivity contribution in [3.05, 3.63) is 17.8 Å². The smallest absolute Gasteiger partial charge is 0.272 e. The highest BCUT2D eigenvalue weighted by atomic mass is 16.2. The van der Waals surface area contributed by atoms with Gasteiger partial charge >= 0.3 is 0 Å². The van der Waals surface area contributed by atoms with Crippen LogP contribution in [0.3, 0.4) is 0 Å². The van der Waals surface area contributed by atoms with Gasteiger partial charge in [-0.15, -0.1) is 10.2 Å². The molecule has 0 radical (unpaired) electrons. The maximum Gasteiger partial charge on any atom is 0.272 e. The van der Waals surface area contributed by atoms with Gasteiger partial charge in [0.15, 0.2) is 5.69 Å². The van der Waals surface area contributed by atoms with E-state index in [0.29, 0.717) is 11.5 Å². The van der Waals surface area contributed by atoms with Gasteiger partial charge in [-0.3, -0.25) is 4.79 Å². The Hall–Kier alpha value is -1.65. The first-order valence-electron chi connectivity index (χ1n) is 6.88. The molecule has 0 aromatic carbocycles. The zero-order chi connectivity index (χ0) is 14.3. The van der Waals surface area contributed by atoms with Gasteiger partial charge in [0.2, 0.25) is 0 Å². The summed E-state index contributed by atoms with van der Waals surface area (Å²) in [7, 11) is 0. The molecule has 5 nitrogen and oxygen atoms in total. The lowest BCUT2D eigenvalue weighted by Crippen LogP contribution is -2.43. The topological polar surface area (TPSA) is 66.9 Å². The van der Waals surface area contributed by atoms with Gasteiger partial charge in [0.1, 0.15) is 5.82 Å². The molecular formula is C14H24N4O. The van der Waals surface area contributed by atoms with Gasteiger partial charge in [0, 0.05) is 12.1 Å². The Bertz CT molecular complexity index is 400. The van der Waals surface area contributed by atoms with Crippen LogP contribution in [0.4, 0.5) is 5.82 Å². The van der Waals surface area contributed by atoms with Gasteiger partial charge in [0.25, 0.3) is 5.91 Å². The third kappa shape index (κ3) is 5.24. The van der Waals surface area contributed by atoms with E-state index >= 15 is 0 Å². The Labute approximate surface area is 115 Å². The van der Waals surface area contributed by atoms with Crippen LogP contribution in [0.5, 0.6) is 0 Å². The Morgan fingerprint density at radius 2 is 1.95 bits per heavy atom. The van der Waals surface area contributed by atoms with Gasteiger partial charge < -0.3 is 10.6 Å². The molecule has 2 N–H and O–H groups in total. The molecule has 0 aliphatic heterocycles. The van der Waals surface area contributed by atoms with Crippen LogP contribution in [0.1, 0.15) is 57.4 Å². The number of carbonyl (C=O) groups excluding carboxylic acids is 1. The second-order valence-electron chi connectivity index (χ2n) is 5.32. The summed E-state index contributed by atoms with van der Waals surface area (Å²) in [4.78, 5) is 12.0. The second kappa shape index (κ2) is 7.07. The quantitative estimate of drug-likeness (QED) is 0.794. The Balaban J connectivity index is 2.62. The van der Waals surface area contributed by atoms with Crippen LogP contribution in [0.25, 0.3) is 0 Å². The highest BCUT2D eigenvalue weighted by Crippen LogP contribution is 2.12. The molecule has 1 rings (SSSR count). The van der Waals surface area contributed by atoms with E-state index in [0.717, 1.165) is 25.8 Å². The number of carbonyl (C=O) groups is 1. The standard InChI is InChI=1S/C14H24N4O/c1-5-9-14(3,4)16-13(19)11-7-8-12(18-17-11)15-10-6-2/h7-8H,5-6,9-10H2,1-4H3,(H,15,18)(H,16,19). The first-order valence-corrected chi connectivity index (χ1v) is 6.88. The average molecular weight is 264 g/mol. The van der Waals surface area contributed by atoms with Gasteiger partial charge in [-0.05, 0) is 38.8 Å². The summed E-state index contributed by atoms with van der Waals surface area (Å²) in [6, 6.07) is 3.48. The summed E-state index contributed by atoms with van der Waals surface area (Å²) in [6.07, 6.45) is 2.98. The molecule has 0 aliphatic rings. The van der Waals surface area contributed by atoms with Crippen molar-refractivity contribution < 1.29 is 4.79 Å². The van der Waals surface area contributed by atoms with Crippen LogP contribution in [-0.2, 0) is 0 Å². The van der Waals surface area contributed by atoms with Crippen LogP contribution in [-0.4, -0.2) is 28.2 Å². The van der Waals surface area contributed by atoms with E-state index in [1.54, 1.807) is 12.1 Å². The van der Waals surface area contributed by atoms with Crippen molar-refractivity contribution in [3.63, 3.8) is 0 Å². The summed E-state index contributed by atoms with van der Waals surface area (Å²) in [6.45, 7) is 9.06. The molecule has 1 amide bonds. The van der Waals surface area contributed by atoms with Crippen molar-refractivity contribution in [1.82, 2.24) is 15.5 Å². The zero-order valence-electron chi connectivity index (χ0n) is 12.3. The van der Waals surface area contributed by atoms with E-state index in [1.165, 1.54) is 0 Å². The van der Waals surface area contributed by atoms with Gasteiger partial charge in [-0.2, -0.15) is 0 Å². The number of rotatable bonds is 7. The normalized spacial score (nSPS) is 11.2. The average Bonchev–Trinajstić information content (AvgIpc) is 2.36. The summed E-state index contributed by atoms with van der Waals surface area (Å²) < 4.78 is 0. The van der Waals surface area contributed by atoms with Gasteiger partial charge in [-0.25, -0.2) is 0 Å². The summed E-state index contributed by atoms with van der Waals surface area (Å²) in [5.41, 5.74) is 0.137. The van der Waals surface area contributed by atoms with E-state index in [9.17, 15) is 4.79 Å². The lowest BCUT2D eigenvalue weighted by atomic mass is 9.99. The van der Waals surface area contributed by atoms with Crippen molar-refractivity contribution in [2.45, 2.75) is 52.5 Å². The molecule has 0 unspecified atom stereocenters. The Kier molecular flexibility index (Phi) is 5.73. The van der Waals surface area contributed by atoms with Crippen LogP contribution in [0.2, 0.25) is 0 Å². The molecule has 0 saturated carbocycles. The third-order valence-corrected chi connectivity index (χ3v) is 2.78. The minimum absolute atomic E-state index is 0.173. The second-order valence-corrected chi connectivity index (χ2v) is 5.32. The first kappa shape index (κ1) is 15.4. The van der Waals surface area contributed by atoms with Gasteiger partial charge in [0.05, 0.1) is 0 Å². The summed E-state index contributed by atoms with van der Waals surface area (Å²) in [5, 5.41) is 14.0. The molecular weight excluding hydrogens is 240 g/mol. The highest BCUT2D eigenvalue weighted by Gasteiger charge is 2.20. The fourth-order valence-electron chi connectivity index (χ4n) is 1.86. The molecule has 1 aromatic heterocycles. The molecule has 1 heterocycles. The monoisotopic (exact) mass is 264 g/mol. The molecule has 106 valence electrons. The minimum Gasteiger partial charge on any atom is -0.369 e. The largest absolute Gasteiger partial charge is 0.369 e. The van der Waals surface area contributed by atoms with Crippen LogP contribution in [0, 0.1) is 0 Å². The van der Waals surface area contributed by atoms with E-state index in [4.69, 9.17) is 0 Å². The predicted octanol–water partition coefficient (Wildman–Crippen LogP) is 2.61. The molecule has 0 spiro atoms. The summed E-state index contributed by atoms with van der Waals surface area (Å²) >= 11 is 0. The van der Waals surface area contributed by atoms with Crippen LogP contribution >= 0.6 is 0 Å². The first-order chi connectivity index (χ1) is 8.98. The van der Waals surface area contributed by atoms with E-state index in [2.05, 4.69) is 34.7 Å². The lowest BCUT2D eigenvalue weighted by molar-refractivity contribution is 0.0903. The highest BCUT2D eigenvalue weighted by molar-refractivity contribution is 5.92. The van der Waals surface area contributed by atoms with Crippen molar-refractivity contribution in [3.8, 4) is 0 Å². The number of nitrogens with zero attached hydrogens (tertiary/aromatic N) is 2. The maximum atomic E-state index is 12.0. The predicted molar refractivity (Wildman–Crippen MR) is 77.3 cm³/mol. The molecule has 1 aromatic rings. The number of anilines is 1. The van der Waals surface area contributed by atoms with Gasteiger partial charge in [-0.1, -0.05) is 20.3 Å². The Morgan fingerprint density at radius 1 is 1.21 bits per heavy atom. The molecule has 0 bridgehead atoms. The van der Waals surface area contributed by atoms with E-state index in [1.807, 2.05) is 13.8 Å². The van der Waals surface area contributed by atoms with Crippen LogP contribution < -0.4 is 10.6 Å². The summed E-state index contributed by atoms with van der Waals surface area (Å²) in [5.74, 6) is 0.527. The zero-order valence-corrected chi connectivity index (χ0v) is 12.3. The third-order valence-electron chi connectivity index (χ3n) is 2.78. The van der Waals surface area contributed by atoms with Crippen molar-refractivity contribution in [2.24, 2.45) is 0 Å². The molecule has 0 atom stereocenters. The van der Waals surface area contributed by atoms with E-state index < -0.39 is 0 Å². The van der Waals surface area contributed by atoms with Crippen LogP contribution in [0.15, 0.2) is 12.1 Å². The van der Waals surface area contributed by atoms with Crippen molar-refractivity contribution in [2.75, 3.05) is 11.9 Å². The number of aromatic nitrogens is 2. The fourth-order valence-corrected chi connectivity index (χ4v) is 1.86. The molecule has 0 aliphatic carbocycles. The number of amides is 1. The van der Waals surface area contributed by atoms with E-state index in [-0.39, 0.29) is 11.4 Å². The molecule has 0 fully saturated rings. The molecule has 0 saturated heterocycles. The maximum absolute atomic E-state index is 12.0. The van der Waals surface area contributed by atoms with Crippen molar-refractivity contribution >= 4 is 11.7 Å². The molecule has 19 heavy (non-hydrogen) atoms. The lowest BCUT2D eigenvalue weighted by Gasteiger charge is -2.25.